The Hall–Kier alpha value is -1.43. The van der Waals surface area contributed by atoms with Gasteiger partial charge in [0.2, 0.25) is 0 Å². The van der Waals surface area contributed by atoms with Gasteiger partial charge in [0, 0.05) is 13.0 Å². The molecule has 1 aromatic rings. The number of halogens is 3. The van der Waals surface area contributed by atoms with Crippen molar-refractivity contribution in [3.8, 4) is 0 Å². The summed E-state index contributed by atoms with van der Waals surface area (Å²) in [4.78, 5) is 11.8. The highest BCUT2D eigenvalue weighted by Crippen LogP contribution is 2.39. The Kier molecular flexibility index (Phi) is 2.91. The highest BCUT2D eigenvalue weighted by Gasteiger charge is 2.38. The van der Waals surface area contributed by atoms with Crippen molar-refractivity contribution >= 4 is 28.7 Å². The topological polar surface area (TPSA) is 58.7 Å². The number of nitroso groups, excluding NO2 is 1. The second-order valence-corrected chi connectivity index (χ2v) is 4.39. The third kappa shape index (κ3) is 2.31. The molecule has 1 aromatic carbocycles. The molecular formula is C10H10ClF2N3O. The van der Waals surface area contributed by atoms with E-state index in [0.717, 1.165) is 0 Å². The van der Waals surface area contributed by atoms with E-state index < -0.39 is 5.92 Å². The molecule has 0 aromatic heterocycles. The molecule has 0 amide bonds. The molecule has 1 aliphatic heterocycles. The highest BCUT2D eigenvalue weighted by molar-refractivity contribution is 6.33. The number of nitrogen functional groups attached to an aromatic ring is 1. The lowest BCUT2D eigenvalue weighted by Gasteiger charge is -2.20. The van der Waals surface area contributed by atoms with Crippen molar-refractivity contribution in [2.75, 3.05) is 23.7 Å². The van der Waals surface area contributed by atoms with Crippen LogP contribution in [0.4, 0.5) is 25.8 Å². The lowest BCUT2D eigenvalue weighted by molar-refractivity contribution is 0.0257. The summed E-state index contributed by atoms with van der Waals surface area (Å²) in [6.45, 7) is -0.181. The van der Waals surface area contributed by atoms with Crippen molar-refractivity contribution < 1.29 is 8.78 Å². The van der Waals surface area contributed by atoms with Crippen LogP contribution in [0.25, 0.3) is 0 Å². The number of rotatable bonds is 2. The van der Waals surface area contributed by atoms with Gasteiger partial charge in [0.05, 0.1) is 22.9 Å². The highest BCUT2D eigenvalue weighted by atomic mass is 35.5. The summed E-state index contributed by atoms with van der Waals surface area (Å²) in [6.07, 6.45) is -0.211. The standard InChI is InChI=1S/C10H10ClF2N3O/c11-6-3-8(15-17)7(14)4-9(6)16-2-1-10(12,13)5-16/h3-4H,1-2,5,14H2. The first kappa shape index (κ1) is 12.0. The molecule has 0 spiro atoms. The van der Waals surface area contributed by atoms with E-state index >= 15 is 0 Å². The molecule has 92 valence electrons. The molecule has 1 heterocycles. The zero-order valence-electron chi connectivity index (χ0n) is 8.79. The van der Waals surface area contributed by atoms with Crippen LogP contribution in [0.3, 0.4) is 0 Å². The predicted octanol–water partition coefficient (Wildman–Crippen LogP) is 3.17. The van der Waals surface area contributed by atoms with Gasteiger partial charge in [0.15, 0.2) is 0 Å². The van der Waals surface area contributed by atoms with Crippen LogP contribution >= 0.6 is 11.6 Å². The Labute approximate surface area is 101 Å². The minimum Gasteiger partial charge on any atom is -0.397 e. The van der Waals surface area contributed by atoms with Gasteiger partial charge in [0.25, 0.3) is 5.92 Å². The number of benzene rings is 1. The molecular weight excluding hydrogens is 252 g/mol. The molecule has 1 fully saturated rings. The van der Waals surface area contributed by atoms with Crippen LogP contribution in [0.15, 0.2) is 17.3 Å². The Morgan fingerprint density at radius 1 is 1.47 bits per heavy atom. The van der Waals surface area contributed by atoms with Crippen molar-refractivity contribution in [3.05, 3.63) is 22.1 Å². The summed E-state index contributed by atoms with van der Waals surface area (Å²) in [6, 6.07) is 2.69. The molecule has 0 aliphatic carbocycles. The van der Waals surface area contributed by atoms with E-state index in [0.29, 0.717) is 5.69 Å². The maximum Gasteiger partial charge on any atom is 0.266 e. The van der Waals surface area contributed by atoms with Crippen molar-refractivity contribution in [3.63, 3.8) is 0 Å². The van der Waals surface area contributed by atoms with Gasteiger partial charge in [-0.1, -0.05) is 11.6 Å². The first-order valence-electron chi connectivity index (χ1n) is 4.98. The monoisotopic (exact) mass is 261 g/mol. The van der Waals surface area contributed by atoms with Gasteiger partial charge in [-0.3, -0.25) is 0 Å². The number of nitrogens with zero attached hydrogens (tertiary/aromatic N) is 2. The van der Waals surface area contributed by atoms with E-state index in [9.17, 15) is 13.7 Å². The van der Waals surface area contributed by atoms with Crippen LogP contribution in [0, 0.1) is 4.91 Å². The first-order chi connectivity index (χ1) is 7.93. The maximum absolute atomic E-state index is 13.1. The van der Waals surface area contributed by atoms with E-state index in [4.69, 9.17) is 17.3 Å². The molecule has 2 N–H and O–H groups in total. The fourth-order valence-corrected chi connectivity index (χ4v) is 2.11. The maximum atomic E-state index is 13.1. The summed E-state index contributed by atoms with van der Waals surface area (Å²) >= 11 is 5.91. The van der Waals surface area contributed by atoms with E-state index in [1.54, 1.807) is 0 Å². The van der Waals surface area contributed by atoms with Gasteiger partial charge in [-0.05, 0) is 17.3 Å². The minimum absolute atomic E-state index is 0.0182. The third-order valence-corrected chi connectivity index (χ3v) is 3.01. The molecule has 7 heteroatoms. The summed E-state index contributed by atoms with van der Waals surface area (Å²) in [5.74, 6) is -2.71. The number of nitrogens with two attached hydrogens (primary N) is 1. The fourth-order valence-electron chi connectivity index (χ4n) is 1.83. The Morgan fingerprint density at radius 2 is 2.18 bits per heavy atom. The summed E-state index contributed by atoms with van der Waals surface area (Å²) in [7, 11) is 0. The molecule has 4 nitrogen and oxygen atoms in total. The first-order valence-corrected chi connectivity index (χ1v) is 5.36. The molecule has 1 saturated heterocycles. The second kappa shape index (κ2) is 4.10. The molecule has 0 atom stereocenters. The molecule has 17 heavy (non-hydrogen) atoms. The van der Waals surface area contributed by atoms with Crippen LogP contribution in [-0.4, -0.2) is 19.0 Å². The van der Waals surface area contributed by atoms with E-state index in [2.05, 4.69) is 5.18 Å². The SMILES string of the molecule is Nc1cc(N2CCC(F)(F)C2)c(Cl)cc1N=O. The predicted molar refractivity (Wildman–Crippen MR) is 63.1 cm³/mol. The number of hydrogen-bond donors (Lipinski definition) is 1. The van der Waals surface area contributed by atoms with Crippen LogP contribution in [0.5, 0.6) is 0 Å². The van der Waals surface area contributed by atoms with Crippen LogP contribution in [-0.2, 0) is 0 Å². The van der Waals surface area contributed by atoms with E-state index in [-0.39, 0.29) is 35.9 Å². The van der Waals surface area contributed by atoms with Crippen molar-refractivity contribution in [2.45, 2.75) is 12.3 Å². The summed E-state index contributed by atoms with van der Waals surface area (Å²) < 4.78 is 26.1. The van der Waals surface area contributed by atoms with Crippen molar-refractivity contribution in [1.29, 1.82) is 0 Å². The molecule has 0 radical (unpaired) electrons. The zero-order chi connectivity index (χ0) is 12.6. The van der Waals surface area contributed by atoms with Gasteiger partial charge < -0.3 is 10.6 Å². The number of anilines is 2. The van der Waals surface area contributed by atoms with Crippen LogP contribution < -0.4 is 10.6 Å². The smallest absolute Gasteiger partial charge is 0.266 e. The van der Waals surface area contributed by atoms with E-state index in [1.165, 1.54) is 17.0 Å². The lowest BCUT2D eigenvalue weighted by Crippen LogP contribution is -2.25. The lowest BCUT2D eigenvalue weighted by atomic mass is 10.2. The molecule has 0 unspecified atom stereocenters. The second-order valence-electron chi connectivity index (χ2n) is 3.98. The van der Waals surface area contributed by atoms with Gasteiger partial charge in [-0.2, -0.15) is 0 Å². The molecule has 0 saturated carbocycles. The van der Waals surface area contributed by atoms with Gasteiger partial charge in [-0.15, -0.1) is 4.91 Å². The number of hydrogen-bond acceptors (Lipinski definition) is 4. The fraction of sp³-hybridized carbons (Fsp3) is 0.400. The Bertz CT molecular complexity index is 467. The summed E-state index contributed by atoms with van der Waals surface area (Å²) in [5, 5.41) is 2.90. The van der Waals surface area contributed by atoms with Gasteiger partial charge in [0.1, 0.15) is 5.69 Å². The van der Waals surface area contributed by atoms with Crippen LogP contribution in [0.2, 0.25) is 5.02 Å². The Balaban J connectivity index is 2.34. The van der Waals surface area contributed by atoms with Crippen molar-refractivity contribution in [2.24, 2.45) is 5.18 Å². The van der Waals surface area contributed by atoms with Crippen molar-refractivity contribution in [1.82, 2.24) is 0 Å². The molecule has 0 bridgehead atoms. The third-order valence-electron chi connectivity index (χ3n) is 2.70. The molecule has 2 rings (SSSR count). The average molecular weight is 262 g/mol. The average Bonchev–Trinajstić information content (AvgIpc) is 2.61. The molecule has 1 aliphatic rings. The Morgan fingerprint density at radius 3 is 2.71 bits per heavy atom. The van der Waals surface area contributed by atoms with Gasteiger partial charge >= 0.3 is 0 Å². The van der Waals surface area contributed by atoms with E-state index in [1.807, 2.05) is 0 Å². The minimum atomic E-state index is -2.71. The van der Waals surface area contributed by atoms with Gasteiger partial charge in [-0.25, -0.2) is 8.78 Å². The summed E-state index contributed by atoms with van der Waals surface area (Å²) in [5.41, 5.74) is 6.13. The largest absolute Gasteiger partial charge is 0.397 e. The normalized spacial score (nSPS) is 18.4. The zero-order valence-corrected chi connectivity index (χ0v) is 9.55. The number of alkyl halides is 2. The quantitative estimate of drug-likeness (QED) is 0.657. The van der Waals surface area contributed by atoms with Crippen LogP contribution in [0.1, 0.15) is 6.42 Å².